The maximum absolute atomic E-state index is 13.0. The van der Waals surface area contributed by atoms with E-state index in [4.69, 9.17) is 10.2 Å². The molecule has 3 rings (SSSR count). The van der Waals surface area contributed by atoms with Gasteiger partial charge in [0.05, 0.1) is 11.6 Å². The van der Waals surface area contributed by atoms with Gasteiger partial charge in [-0.2, -0.15) is 0 Å². The third kappa shape index (κ3) is 3.27. The molecule has 1 heterocycles. The monoisotopic (exact) mass is 325 g/mol. The summed E-state index contributed by atoms with van der Waals surface area (Å²) in [7, 11) is 0. The molecule has 24 heavy (non-hydrogen) atoms. The molecule has 0 aliphatic heterocycles. The van der Waals surface area contributed by atoms with E-state index in [0.717, 1.165) is 5.56 Å². The number of nitrogens with zero attached hydrogens (tertiary/aromatic N) is 1. The normalized spacial score (nSPS) is 11.9. The van der Waals surface area contributed by atoms with Crippen molar-refractivity contribution in [1.82, 2.24) is 10.3 Å². The van der Waals surface area contributed by atoms with E-state index in [9.17, 15) is 9.18 Å². The van der Waals surface area contributed by atoms with E-state index in [1.165, 1.54) is 18.4 Å². The number of carbonyl (C=O) groups is 1. The van der Waals surface area contributed by atoms with Crippen LogP contribution in [-0.4, -0.2) is 10.9 Å². The Morgan fingerprint density at radius 2 is 1.92 bits per heavy atom. The fourth-order valence-electron chi connectivity index (χ4n) is 2.30. The number of halogens is 1. The minimum Gasteiger partial charge on any atom is -0.444 e. The smallest absolute Gasteiger partial charge is 0.273 e. The Balaban J connectivity index is 1.74. The minimum atomic E-state index is -0.378. The molecule has 3 aromatic rings. The molecule has 122 valence electrons. The van der Waals surface area contributed by atoms with E-state index in [0.29, 0.717) is 11.3 Å². The number of aromatic nitrogens is 1. The molecule has 1 amide bonds. The lowest BCUT2D eigenvalue weighted by atomic mass is 10.1. The number of benzene rings is 2. The Morgan fingerprint density at radius 1 is 1.21 bits per heavy atom. The second-order valence-corrected chi connectivity index (χ2v) is 5.37. The number of nitrogen functional groups attached to an aromatic ring is 1. The molecule has 3 N–H and O–H groups in total. The lowest BCUT2D eigenvalue weighted by molar-refractivity contribution is 0.0935. The number of anilines is 1. The summed E-state index contributed by atoms with van der Waals surface area (Å²) < 4.78 is 18.3. The first-order valence-electron chi connectivity index (χ1n) is 7.41. The Kier molecular flexibility index (Phi) is 4.29. The van der Waals surface area contributed by atoms with Crippen LogP contribution in [0.2, 0.25) is 0 Å². The standard InChI is InChI=1S/C18H16FN3O2/c1-11(12-6-8-13(19)9-7-12)21-17(23)16-10-24-18(22-16)14-4-2-3-5-15(14)20/h2-11H,20H2,1H3,(H,21,23). The van der Waals surface area contributed by atoms with Gasteiger partial charge in [-0.25, -0.2) is 9.37 Å². The topological polar surface area (TPSA) is 81.2 Å². The molecule has 0 aliphatic carbocycles. The van der Waals surface area contributed by atoms with Gasteiger partial charge >= 0.3 is 0 Å². The minimum absolute atomic E-state index is 0.155. The van der Waals surface area contributed by atoms with Gasteiger partial charge in [0.15, 0.2) is 5.69 Å². The molecule has 0 aliphatic rings. The Morgan fingerprint density at radius 3 is 2.62 bits per heavy atom. The maximum atomic E-state index is 13.0. The van der Waals surface area contributed by atoms with Crippen molar-refractivity contribution in [3.63, 3.8) is 0 Å². The molecule has 1 unspecified atom stereocenters. The number of amides is 1. The largest absolute Gasteiger partial charge is 0.444 e. The summed E-state index contributed by atoms with van der Waals surface area (Å²) in [5.74, 6) is -0.414. The lowest BCUT2D eigenvalue weighted by Gasteiger charge is -2.13. The van der Waals surface area contributed by atoms with Crippen molar-refractivity contribution in [2.45, 2.75) is 13.0 Å². The number of oxazole rings is 1. The molecule has 1 atom stereocenters. The summed E-state index contributed by atoms with van der Waals surface area (Å²) in [6.45, 7) is 1.81. The molecule has 0 spiro atoms. The van der Waals surface area contributed by atoms with Crippen LogP contribution in [0.25, 0.3) is 11.5 Å². The lowest BCUT2D eigenvalue weighted by Crippen LogP contribution is -2.26. The van der Waals surface area contributed by atoms with Crippen molar-refractivity contribution in [3.8, 4) is 11.5 Å². The molecule has 0 radical (unpaired) electrons. The van der Waals surface area contributed by atoms with Gasteiger partial charge in [-0.15, -0.1) is 0 Å². The van der Waals surface area contributed by atoms with E-state index in [1.54, 1.807) is 37.3 Å². The van der Waals surface area contributed by atoms with Gasteiger partial charge in [-0.1, -0.05) is 24.3 Å². The van der Waals surface area contributed by atoms with Crippen LogP contribution in [0.4, 0.5) is 10.1 Å². The van der Waals surface area contributed by atoms with Gasteiger partial charge < -0.3 is 15.5 Å². The van der Waals surface area contributed by atoms with Crippen LogP contribution >= 0.6 is 0 Å². The molecule has 2 aromatic carbocycles. The average Bonchev–Trinajstić information content (AvgIpc) is 3.05. The zero-order valence-electron chi connectivity index (χ0n) is 13.0. The molecular weight excluding hydrogens is 309 g/mol. The van der Waals surface area contributed by atoms with E-state index in [1.807, 2.05) is 6.07 Å². The van der Waals surface area contributed by atoms with Crippen LogP contribution in [0.3, 0.4) is 0 Å². The van der Waals surface area contributed by atoms with Gasteiger partial charge in [0.1, 0.15) is 12.1 Å². The van der Waals surface area contributed by atoms with Crippen molar-refractivity contribution in [1.29, 1.82) is 0 Å². The Labute approximate surface area is 138 Å². The first kappa shape index (κ1) is 15.7. The predicted octanol–water partition coefficient (Wildman–Crippen LogP) is 3.55. The van der Waals surface area contributed by atoms with E-state index >= 15 is 0 Å². The summed E-state index contributed by atoms with van der Waals surface area (Å²) in [4.78, 5) is 16.5. The second kappa shape index (κ2) is 6.54. The highest BCUT2D eigenvalue weighted by atomic mass is 19.1. The molecular formula is C18H16FN3O2. The highest BCUT2D eigenvalue weighted by molar-refractivity contribution is 5.92. The number of nitrogens with one attached hydrogen (secondary N) is 1. The van der Waals surface area contributed by atoms with Gasteiger partial charge in [0.2, 0.25) is 5.89 Å². The average molecular weight is 325 g/mol. The zero-order chi connectivity index (χ0) is 17.1. The van der Waals surface area contributed by atoms with Crippen molar-refractivity contribution in [3.05, 3.63) is 71.9 Å². The van der Waals surface area contributed by atoms with Crippen molar-refractivity contribution >= 4 is 11.6 Å². The summed E-state index contributed by atoms with van der Waals surface area (Å²) in [6, 6.07) is 12.8. The highest BCUT2D eigenvalue weighted by Gasteiger charge is 2.17. The van der Waals surface area contributed by atoms with Crippen LogP contribution in [0.1, 0.15) is 29.0 Å². The quantitative estimate of drug-likeness (QED) is 0.719. The zero-order valence-corrected chi connectivity index (χ0v) is 13.0. The molecule has 0 fully saturated rings. The molecule has 0 saturated carbocycles. The first-order valence-corrected chi connectivity index (χ1v) is 7.41. The van der Waals surface area contributed by atoms with Gasteiger partial charge in [0.25, 0.3) is 5.91 Å². The summed E-state index contributed by atoms with van der Waals surface area (Å²) in [6.07, 6.45) is 1.29. The number of rotatable bonds is 4. The number of para-hydroxylation sites is 1. The van der Waals surface area contributed by atoms with Crippen LogP contribution < -0.4 is 11.1 Å². The van der Waals surface area contributed by atoms with E-state index < -0.39 is 0 Å². The summed E-state index contributed by atoms with van der Waals surface area (Å²) in [5, 5.41) is 2.80. The molecule has 5 nitrogen and oxygen atoms in total. The molecule has 6 heteroatoms. The summed E-state index contributed by atoms with van der Waals surface area (Å²) >= 11 is 0. The summed E-state index contributed by atoms with van der Waals surface area (Å²) in [5.41, 5.74) is 7.97. The molecule has 0 bridgehead atoms. The number of carbonyl (C=O) groups excluding carboxylic acids is 1. The third-order valence-electron chi connectivity index (χ3n) is 3.65. The predicted molar refractivity (Wildman–Crippen MR) is 88.6 cm³/mol. The van der Waals surface area contributed by atoms with Crippen LogP contribution in [0.5, 0.6) is 0 Å². The fraction of sp³-hybridized carbons (Fsp3) is 0.111. The van der Waals surface area contributed by atoms with E-state index in [-0.39, 0.29) is 29.4 Å². The SMILES string of the molecule is CC(NC(=O)c1coc(-c2ccccc2N)n1)c1ccc(F)cc1. The fourth-order valence-corrected chi connectivity index (χ4v) is 2.30. The maximum Gasteiger partial charge on any atom is 0.273 e. The van der Waals surface area contributed by atoms with Gasteiger partial charge in [-0.3, -0.25) is 4.79 Å². The van der Waals surface area contributed by atoms with Crippen LogP contribution in [0.15, 0.2) is 59.2 Å². The van der Waals surface area contributed by atoms with Gasteiger partial charge in [0, 0.05) is 5.69 Å². The van der Waals surface area contributed by atoms with Crippen molar-refractivity contribution < 1.29 is 13.6 Å². The van der Waals surface area contributed by atoms with Crippen LogP contribution in [0, 0.1) is 5.82 Å². The number of hydrogen-bond donors (Lipinski definition) is 2. The van der Waals surface area contributed by atoms with Crippen molar-refractivity contribution in [2.75, 3.05) is 5.73 Å². The van der Waals surface area contributed by atoms with E-state index in [2.05, 4.69) is 10.3 Å². The number of hydrogen-bond acceptors (Lipinski definition) is 4. The Bertz CT molecular complexity index is 859. The highest BCUT2D eigenvalue weighted by Crippen LogP contribution is 2.24. The van der Waals surface area contributed by atoms with Crippen molar-refractivity contribution in [2.24, 2.45) is 0 Å². The van der Waals surface area contributed by atoms with Gasteiger partial charge in [-0.05, 0) is 36.8 Å². The first-order chi connectivity index (χ1) is 11.5. The third-order valence-corrected chi connectivity index (χ3v) is 3.65. The number of nitrogens with two attached hydrogens (primary N) is 1. The second-order valence-electron chi connectivity index (χ2n) is 5.37. The molecule has 0 saturated heterocycles. The molecule has 1 aromatic heterocycles. The van der Waals surface area contributed by atoms with Crippen LogP contribution in [-0.2, 0) is 0 Å². The Hall–Kier alpha value is -3.15.